The van der Waals surface area contributed by atoms with Gasteiger partial charge in [0.2, 0.25) is 0 Å². The third-order valence-corrected chi connectivity index (χ3v) is 4.75. The molecule has 0 radical (unpaired) electrons. The number of benzene rings is 1. The fourth-order valence-electron chi connectivity index (χ4n) is 3.34. The zero-order valence-corrected chi connectivity index (χ0v) is 11.5. The van der Waals surface area contributed by atoms with Crippen LogP contribution in [0.2, 0.25) is 0 Å². The maximum atomic E-state index is 9.91. The molecule has 0 bridgehead atoms. The first-order valence-corrected chi connectivity index (χ1v) is 7.14. The van der Waals surface area contributed by atoms with Gasteiger partial charge in [0.05, 0.1) is 19.8 Å². The summed E-state index contributed by atoms with van der Waals surface area (Å²) in [6.45, 7) is 3.70. The fraction of sp³-hybridized carbons (Fsp3) is 0.625. The number of hydrogen-bond donors (Lipinski definition) is 1. The van der Waals surface area contributed by atoms with Crippen LogP contribution in [0.25, 0.3) is 0 Å². The molecule has 0 amide bonds. The van der Waals surface area contributed by atoms with Gasteiger partial charge in [0.15, 0.2) is 5.79 Å². The molecule has 19 heavy (non-hydrogen) atoms. The molecule has 3 rings (SSSR count). The van der Waals surface area contributed by atoms with Gasteiger partial charge in [0.1, 0.15) is 0 Å². The average Bonchev–Trinajstić information content (AvgIpc) is 2.90. The average molecular weight is 262 g/mol. The number of ether oxygens (including phenoxy) is 2. The Hall–Kier alpha value is -0.900. The van der Waals surface area contributed by atoms with Crippen LogP contribution in [0.1, 0.15) is 36.8 Å². The fourth-order valence-corrected chi connectivity index (χ4v) is 3.34. The van der Waals surface area contributed by atoms with Gasteiger partial charge in [-0.3, -0.25) is 0 Å². The summed E-state index contributed by atoms with van der Waals surface area (Å²) in [5, 5.41) is 9.91. The Labute approximate surface area is 114 Å². The molecule has 0 unspecified atom stereocenters. The second kappa shape index (κ2) is 4.89. The minimum absolute atomic E-state index is 0.117. The molecule has 0 aromatic heterocycles. The van der Waals surface area contributed by atoms with Crippen LogP contribution in [0.15, 0.2) is 24.3 Å². The van der Waals surface area contributed by atoms with Crippen molar-refractivity contribution in [2.75, 3.05) is 19.8 Å². The summed E-state index contributed by atoms with van der Waals surface area (Å²) >= 11 is 0. The summed E-state index contributed by atoms with van der Waals surface area (Å²) < 4.78 is 11.5. The van der Waals surface area contributed by atoms with E-state index in [1.165, 1.54) is 11.1 Å². The lowest BCUT2D eigenvalue weighted by Crippen LogP contribution is -2.44. The zero-order chi connectivity index (χ0) is 13.3. The van der Waals surface area contributed by atoms with E-state index in [0.29, 0.717) is 13.2 Å². The first-order chi connectivity index (χ1) is 9.18. The number of aliphatic hydroxyl groups excluding tert-OH is 1. The van der Waals surface area contributed by atoms with E-state index in [-0.39, 0.29) is 17.8 Å². The van der Waals surface area contributed by atoms with Crippen molar-refractivity contribution in [3.8, 4) is 0 Å². The van der Waals surface area contributed by atoms with Crippen molar-refractivity contribution in [1.29, 1.82) is 0 Å². The van der Waals surface area contributed by atoms with Gasteiger partial charge in [-0.25, -0.2) is 0 Å². The van der Waals surface area contributed by atoms with Crippen molar-refractivity contribution in [3.63, 3.8) is 0 Å². The van der Waals surface area contributed by atoms with Crippen molar-refractivity contribution in [3.05, 3.63) is 35.4 Å². The van der Waals surface area contributed by atoms with Crippen LogP contribution >= 0.6 is 0 Å². The monoisotopic (exact) mass is 262 g/mol. The van der Waals surface area contributed by atoms with Crippen LogP contribution < -0.4 is 0 Å². The first-order valence-electron chi connectivity index (χ1n) is 7.14. The van der Waals surface area contributed by atoms with Gasteiger partial charge in [0, 0.05) is 18.3 Å². The second-order valence-electron chi connectivity index (χ2n) is 5.91. The minimum atomic E-state index is -0.358. The maximum Gasteiger partial charge on any atom is 0.168 e. The third kappa shape index (κ3) is 2.31. The van der Waals surface area contributed by atoms with Gasteiger partial charge >= 0.3 is 0 Å². The molecule has 1 aliphatic heterocycles. The number of hydrogen-bond acceptors (Lipinski definition) is 3. The smallest absolute Gasteiger partial charge is 0.168 e. The second-order valence-corrected chi connectivity index (χ2v) is 5.91. The van der Waals surface area contributed by atoms with Gasteiger partial charge in [-0.15, -0.1) is 0 Å². The van der Waals surface area contributed by atoms with Gasteiger partial charge < -0.3 is 14.6 Å². The molecule has 1 saturated heterocycles. The quantitative estimate of drug-likeness (QED) is 0.890. The van der Waals surface area contributed by atoms with Gasteiger partial charge in [-0.1, -0.05) is 29.8 Å². The van der Waals surface area contributed by atoms with Crippen molar-refractivity contribution >= 4 is 0 Å². The lowest BCUT2D eigenvalue weighted by molar-refractivity contribution is -0.187. The SMILES string of the molecule is Cc1ccc(C2(CO)CCC3(CC2)OCCO3)cc1. The Morgan fingerprint density at radius 1 is 1.00 bits per heavy atom. The first kappa shape index (κ1) is 13.1. The van der Waals surface area contributed by atoms with E-state index in [1.807, 2.05) is 0 Å². The van der Waals surface area contributed by atoms with Crippen LogP contribution in [0.3, 0.4) is 0 Å². The molecule has 1 saturated carbocycles. The van der Waals surface area contributed by atoms with E-state index >= 15 is 0 Å². The van der Waals surface area contributed by atoms with E-state index in [1.54, 1.807) is 0 Å². The van der Waals surface area contributed by atoms with Crippen LogP contribution in [-0.2, 0) is 14.9 Å². The molecule has 2 aliphatic rings. The highest BCUT2D eigenvalue weighted by molar-refractivity contribution is 5.29. The van der Waals surface area contributed by atoms with Gasteiger partial charge in [0.25, 0.3) is 0 Å². The largest absolute Gasteiger partial charge is 0.395 e. The summed E-state index contributed by atoms with van der Waals surface area (Å²) in [4.78, 5) is 0. The summed E-state index contributed by atoms with van der Waals surface area (Å²) in [7, 11) is 0. The van der Waals surface area contributed by atoms with E-state index in [0.717, 1.165) is 25.7 Å². The third-order valence-electron chi connectivity index (χ3n) is 4.75. The normalized spacial score (nSPS) is 24.7. The molecule has 1 aromatic rings. The van der Waals surface area contributed by atoms with Crippen LogP contribution in [-0.4, -0.2) is 30.7 Å². The molecule has 3 heteroatoms. The lowest BCUT2D eigenvalue weighted by atomic mass is 9.68. The number of rotatable bonds is 2. The van der Waals surface area contributed by atoms with E-state index in [2.05, 4.69) is 31.2 Å². The Kier molecular flexibility index (Phi) is 3.37. The van der Waals surface area contributed by atoms with Crippen molar-refractivity contribution in [1.82, 2.24) is 0 Å². The molecule has 1 aromatic carbocycles. The lowest BCUT2D eigenvalue weighted by Gasteiger charge is -2.43. The Balaban J connectivity index is 1.80. The maximum absolute atomic E-state index is 9.91. The summed E-state index contributed by atoms with van der Waals surface area (Å²) in [5.41, 5.74) is 2.38. The predicted octanol–water partition coefficient (Wildman–Crippen LogP) is 2.54. The molecule has 1 spiro atoms. The topological polar surface area (TPSA) is 38.7 Å². The van der Waals surface area contributed by atoms with Gasteiger partial charge in [-0.05, 0) is 25.3 Å². The highest BCUT2D eigenvalue weighted by Gasteiger charge is 2.46. The van der Waals surface area contributed by atoms with Gasteiger partial charge in [-0.2, -0.15) is 0 Å². The highest BCUT2D eigenvalue weighted by atomic mass is 16.7. The van der Waals surface area contributed by atoms with Crippen LogP contribution in [0.5, 0.6) is 0 Å². The molecule has 2 fully saturated rings. The molecule has 1 N–H and O–H groups in total. The Bertz CT molecular complexity index is 422. The van der Waals surface area contributed by atoms with E-state index < -0.39 is 0 Å². The van der Waals surface area contributed by atoms with Crippen LogP contribution in [0, 0.1) is 6.92 Å². The summed E-state index contributed by atoms with van der Waals surface area (Å²) in [6.07, 6.45) is 3.60. The summed E-state index contributed by atoms with van der Waals surface area (Å²) in [6, 6.07) is 8.55. The standard InChI is InChI=1S/C16H22O3/c1-13-2-4-14(5-3-13)15(12-17)6-8-16(9-7-15)18-10-11-19-16/h2-5,17H,6-12H2,1H3. The molecular formula is C16H22O3. The van der Waals surface area contributed by atoms with E-state index in [9.17, 15) is 5.11 Å². The van der Waals surface area contributed by atoms with Crippen molar-refractivity contribution in [2.24, 2.45) is 0 Å². The molecule has 1 heterocycles. The summed E-state index contributed by atoms with van der Waals surface area (Å²) in [5.74, 6) is -0.358. The molecule has 104 valence electrons. The molecule has 3 nitrogen and oxygen atoms in total. The number of aryl methyl sites for hydroxylation is 1. The van der Waals surface area contributed by atoms with Crippen molar-refractivity contribution in [2.45, 2.75) is 43.8 Å². The Morgan fingerprint density at radius 3 is 2.11 bits per heavy atom. The molecule has 1 aliphatic carbocycles. The number of aliphatic hydroxyl groups is 1. The van der Waals surface area contributed by atoms with Crippen LogP contribution in [0.4, 0.5) is 0 Å². The van der Waals surface area contributed by atoms with Crippen molar-refractivity contribution < 1.29 is 14.6 Å². The molecular weight excluding hydrogens is 240 g/mol. The van der Waals surface area contributed by atoms with E-state index in [4.69, 9.17) is 9.47 Å². The highest BCUT2D eigenvalue weighted by Crippen LogP contribution is 2.46. The molecule has 0 atom stereocenters. The Morgan fingerprint density at radius 2 is 1.58 bits per heavy atom. The zero-order valence-electron chi connectivity index (χ0n) is 11.5. The minimum Gasteiger partial charge on any atom is -0.395 e. The predicted molar refractivity (Wildman–Crippen MR) is 73.0 cm³/mol.